The van der Waals surface area contributed by atoms with Crippen molar-refractivity contribution < 1.29 is 28.7 Å². The maximum absolute atomic E-state index is 12.1. The molecule has 0 radical (unpaired) electrons. The molecule has 6 nitrogen and oxygen atoms in total. The van der Waals surface area contributed by atoms with Gasteiger partial charge in [0.1, 0.15) is 11.2 Å². The number of allylic oxidation sites excluding steroid dienone is 6. The number of rotatable bonds is 1. The molecule has 2 spiro atoms. The monoisotopic (exact) mass is 704 g/mol. The van der Waals surface area contributed by atoms with Gasteiger partial charge in [0.25, 0.3) is 0 Å². The summed E-state index contributed by atoms with van der Waals surface area (Å²) in [7, 11) is 0. The minimum atomic E-state index is -0.172. The molecule has 9 fully saturated rings. The molecule has 52 heavy (non-hydrogen) atoms. The Morgan fingerprint density at radius 2 is 1.29 bits per heavy atom. The number of hydrogen-bond donors (Lipinski definition) is 0. The highest BCUT2D eigenvalue weighted by Gasteiger charge is 2.80. The van der Waals surface area contributed by atoms with E-state index in [0.717, 1.165) is 56.8 Å². The van der Waals surface area contributed by atoms with Crippen LogP contribution in [0.3, 0.4) is 0 Å². The van der Waals surface area contributed by atoms with E-state index in [1.807, 2.05) is 12.2 Å². The molecule has 6 heteroatoms. The zero-order valence-corrected chi connectivity index (χ0v) is 31.2. The Bertz CT molecular complexity index is 1780. The molecule has 0 N–H and O–H groups in total. The third-order valence-corrected chi connectivity index (χ3v) is 18.8. The summed E-state index contributed by atoms with van der Waals surface area (Å²) < 4.78 is 12.3. The summed E-state index contributed by atoms with van der Waals surface area (Å²) >= 11 is 0. The van der Waals surface area contributed by atoms with Crippen molar-refractivity contribution >= 4 is 23.5 Å². The average molecular weight is 705 g/mol. The number of ether oxygens (including phenoxy) is 2. The van der Waals surface area contributed by atoms with Crippen LogP contribution in [0.25, 0.3) is 0 Å². The fourth-order valence-electron chi connectivity index (χ4n) is 16.9. The fraction of sp³-hybridized carbons (Fsp3) is 0.739. The van der Waals surface area contributed by atoms with Crippen molar-refractivity contribution in [1.29, 1.82) is 0 Å². The predicted molar refractivity (Wildman–Crippen MR) is 194 cm³/mol. The summed E-state index contributed by atoms with van der Waals surface area (Å²) in [6, 6.07) is 0. The molecule has 276 valence electrons. The minimum Gasteiger partial charge on any atom is -0.458 e. The van der Waals surface area contributed by atoms with E-state index in [4.69, 9.17) is 9.47 Å². The summed E-state index contributed by atoms with van der Waals surface area (Å²) in [5.74, 6) is 9.04. The minimum absolute atomic E-state index is 0.0320. The number of hydrogen-bond acceptors (Lipinski definition) is 6. The van der Waals surface area contributed by atoms with E-state index < -0.39 is 0 Å². The van der Waals surface area contributed by atoms with Crippen molar-refractivity contribution in [3.8, 4) is 0 Å². The highest BCUT2D eigenvalue weighted by Crippen LogP contribution is 2.80. The molecule has 2 heterocycles. The van der Waals surface area contributed by atoms with Gasteiger partial charge in [-0.15, -0.1) is 6.58 Å². The third kappa shape index (κ3) is 4.03. The second kappa shape index (κ2) is 10.7. The van der Waals surface area contributed by atoms with Crippen LogP contribution in [-0.2, 0) is 28.7 Å². The van der Waals surface area contributed by atoms with Crippen LogP contribution < -0.4 is 0 Å². The lowest BCUT2D eigenvalue weighted by Crippen LogP contribution is -2.56. The van der Waals surface area contributed by atoms with E-state index in [0.29, 0.717) is 89.5 Å². The standard InChI is InChI=1S/C24H30O3.C22H26O3/c1-3-13-10-14-11-15(25)4-5-16(14)17-6-8-23(2)22(21(13)17)18-12-19(18)24(23)9-7-20(26)27-24;1-21-8-6-15-14-5-3-13(23)10-12(14)2-4-16(15)20(21)17-11-18(17)22(21)9-7-19(24)25-22/h3,11,13,16-19,21-22H,1,4-10,12H2,2H3;2,4,10,14-18,20H,3,5-9,11H2,1H3/t13?,16?,17?,18?,19?,21?,22?,23-,24-;14?,15?,16?,17?,18?,20?,21-,22-/m00/s1. The first-order valence-electron chi connectivity index (χ1n) is 21.2. The van der Waals surface area contributed by atoms with Gasteiger partial charge < -0.3 is 9.47 Å². The molecule has 17 atom stereocenters. The van der Waals surface area contributed by atoms with E-state index in [-0.39, 0.29) is 34.0 Å². The van der Waals surface area contributed by atoms with Crippen molar-refractivity contribution in [3.05, 3.63) is 48.1 Å². The smallest absolute Gasteiger partial charge is 0.306 e. The zero-order valence-electron chi connectivity index (χ0n) is 31.2. The Labute approximate surface area is 308 Å². The molecule has 2 saturated heterocycles. The molecular weight excluding hydrogens is 649 g/mol. The number of carbonyl (C=O) groups excluding carboxylic acids is 4. The zero-order chi connectivity index (χ0) is 35.5. The fourth-order valence-corrected chi connectivity index (χ4v) is 16.9. The Balaban J connectivity index is 0.000000124. The van der Waals surface area contributed by atoms with E-state index in [1.54, 1.807) is 0 Å². The van der Waals surface area contributed by atoms with Gasteiger partial charge in [0.2, 0.25) is 0 Å². The topological polar surface area (TPSA) is 86.7 Å². The molecule has 10 aliphatic carbocycles. The molecule has 12 aliphatic rings. The lowest BCUT2D eigenvalue weighted by Gasteiger charge is -2.59. The second-order valence-electron chi connectivity index (χ2n) is 20.2. The van der Waals surface area contributed by atoms with Gasteiger partial charge >= 0.3 is 11.9 Å². The normalized spacial score (nSPS) is 55.2. The van der Waals surface area contributed by atoms with Gasteiger partial charge in [-0.05, 0) is 153 Å². The van der Waals surface area contributed by atoms with E-state index >= 15 is 0 Å². The molecule has 0 aromatic rings. The van der Waals surface area contributed by atoms with Crippen molar-refractivity contribution in [2.75, 3.05) is 0 Å². The molecule has 0 aromatic heterocycles. The second-order valence-corrected chi connectivity index (χ2v) is 20.2. The van der Waals surface area contributed by atoms with Gasteiger partial charge in [-0.1, -0.05) is 37.6 Å². The van der Waals surface area contributed by atoms with Crippen LogP contribution in [0.1, 0.15) is 110 Å². The van der Waals surface area contributed by atoms with Crippen LogP contribution in [0.4, 0.5) is 0 Å². The molecule has 0 bridgehead atoms. The number of ketones is 2. The SMILES string of the molecule is C=CC1CC2=CC(=O)CCC2C2CC[C@@]3(C)C(C4CC4[C@@]34CCC(=O)O4)C12.C[C@]12CCC3C4CCC(=O)C=C4C=CC3C1C1CC1[C@@]21CCC(=O)O1. The van der Waals surface area contributed by atoms with E-state index in [2.05, 4.69) is 38.7 Å². The van der Waals surface area contributed by atoms with Gasteiger partial charge in [0, 0.05) is 48.3 Å². The first kappa shape index (κ1) is 32.7. The van der Waals surface area contributed by atoms with Crippen LogP contribution in [0, 0.1) is 87.8 Å². The highest BCUT2D eigenvalue weighted by molar-refractivity contribution is 5.92. The maximum atomic E-state index is 12.1. The van der Waals surface area contributed by atoms with Crippen molar-refractivity contribution in [2.45, 2.75) is 121 Å². The quantitative estimate of drug-likeness (QED) is 0.202. The number of esters is 2. The molecule has 2 aliphatic heterocycles. The van der Waals surface area contributed by atoms with Gasteiger partial charge in [-0.3, -0.25) is 19.2 Å². The molecule has 0 amide bonds. The van der Waals surface area contributed by atoms with Gasteiger partial charge in [-0.25, -0.2) is 0 Å². The van der Waals surface area contributed by atoms with Gasteiger partial charge in [0.15, 0.2) is 11.6 Å². The summed E-state index contributed by atoms with van der Waals surface area (Å²) in [6.45, 7) is 9.10. The molecular formula is C46H56O6. The molecule has 0 aromatic carbocycles. The first-order chi connectivity index (χ1) is 25.0. The predicted octanol–water partition coefficient (Wildman–Crippen LogP) is 8.31. The summed E-state index contributed by atoms with van der Waals surface area (Å²) in [5.41, 5.74) is 2.66. The number of carbonyl (C=O) groups is 4. The lowest BCUT2D eigenvalue weighted by molar-refractivity contribution is -0.176. The Kier molecular flexibility index (Phi) is 6.73. The summed E-state index contributed by atoms with van der Waals surface area (Å²) in [5, 5.41) is 0. The molecule has 13 unspecified atom stereocenters. The average Bonchev–Trinajstić information content (AvgIpc) is 3.99. The van der Waals surface area contributed by atoms with E-state index in [9.17, 15) is 19.2 Å². The van der Waals surface area contributed by atoms with Gasteiger partial charge in [0.05, 0.1) is 0 Å². The Morgan fingerprint density at radius 3 is 1.92 bits per heavy atom. The molecule has 12 rings (SSSR count). The van der Waals surface area contributed by atoms with Crippen LogP contribution in [0.2, 0.25) is 0 Å². The van der Waals surface area contributed by atoms with E-state index in [1.165, 1.54) is 49.7 Å². The Morgan fingerprint density at radius 1 is 0.692 bits per heavy atom. The Hall–Kier alpha value is -2.76. The van der Waals surface area contributed by atoms with Crippen LogP contribution in [0.15, 0.2) is 48.1 Å². The largest absolute Gasteiger partial charge is 0.458 e. The first-order valence-corrected chi connectivity index (χ1v) is 21.2. The highest BCUT2D eigenvalue weighted by atomic mass is 16.6. The summed E-state index contributed by atoms with van der Waals surface area (Å²) in [4.78, 5) is 48.0. The maximum Gasteiger partial charge on any atom is 0.306 e. The van der Waals surface area contributed by atoms with Crippen LogP contribution in [-0.4, -0.2) is 34.7 Å². The van der Waals surface area contributed by atoms with Crippen molar-refractivity contribution in [3.63, 3.8) is 0 Å². The van der Waals surface area contributed by atoms with Gasteiger partial charge in [-0.2, -0.15) is 0 Å². The third-order valence-electron chi connectivity index (χ3n) is 18.8. The van der Waals surface area contributed by atoms with Crippen molar-refractivity contribution in [2.24, 2.45) is 87.8 Å². The summed E-state index contributed by atoms with van der Waals surface area (Å²) in [6.07, 6.45) is 25.8. The molecule has 7 saturated carbocycles. The number of fused-ring (bicyclic) bond motifs is 18. The van der Waals surface area contributed by atoms with Crippen LogP contribution >= 0.6 is 0 Å². The van der Waals surface area contributed by atoms with Crippen LogP contribution in [0.5, 0.6) is 0 Å². The lowest BCUT2D eigenvalue weighted by atomic mass is 9.46. The van der Waals surface area contributed by atoms with Crippen molar-refractivity contribution in [1.82, 2.24) is 0 Å².